The SMILES string of the molecule is C=CC.CCC(C)CC.Cc1c(C(=O)C(N)=O)c2c(OC(C(N)=O)C(C)C)cccc2n1C. The first-order valence-corrected chi connectivity index (χ1v) is 11.3. The Bertz CT molecular complexity index is 956. The minimum absolute atomic E-state index is 0.155. The quantitative estimate of drug-likeness (QED) is 0.338. The molecule has 1 aromatic carbocycles. The van der Waals surface area contributed by atoms with Crippen LogP contribution in [0.15, 0.2) is 30.9 Å². The van der Waals surface area contributed by atoms with E-state index in [9.17, 15) is 14.4 Å². The third-order valence-electron chi connectivity index (χ3n) is 5.47. The lowest BCUT2D eigenvalue weighted by molar-refractivity contribution is -0.126. The lowest BCUT2D eigenvalue weighted by Gasteiger charge is -2.20. The number of benzene rings is 1. The number of rotatable bonds is 8. The minimum atomic E-state index is -1.05. The maximum absolute atomic E-state index is 12.3. The van der Waals surface area contributed by atoms with Gasteiger partial charge in [0.25, 0.3) is 17.6 Å². The highest BCUT2D eigenvalue weighted by molar-refractivity contribution is 6.45. The van der Waals surface area contributed by atoms with Crippen LogP contribution >= 0.6 is 0 Å². The summed E-state index contributed by atoms with van der Waals surface area (Å²) in [4.78, 5) is 35.3. The molecule has 1 atom stereocenters. The molecule has 1 heterocycles. The Labute approximate surface area is 198 Å². The number of primary amides is 2. The molecule has 0 fully saturated rings. The van der Waals surface area contributed by atoms with E-state index in [-0.39, 0.29) is 11.5 Å². The molecule has 0 spiro atoms. The summed E-state index contributed by atoms with van der Waals surface area (Å²) < 4.78 is 7.57. The zero-order valence-electron chi connectivity index (χ0n) is 21.4. The van der Waals surface area contributed by atoms with Gasteiger partial charge in [0.05, 0.1) is 16.5 Å². The van der Waals surface area contributed by atoms with Crippen LogP contribution in [0.1, 0.15) is 70.4 Å². The van der Waals surface area contributed by atoms with Gasteiger partial charge in [-0.1, -0.05) is 59.6 Å². The fraction of sp³-hybridized carbons (Fsp3) is 0.500. The molecule has 4 N–H and O–H groups in total. The maximum atomic E-state index is 12.3. The van der Waals surface area contributed by atoms with E-state index >= 15 is 0 Å². The van der Waals surface area contributed by atoms with Crippen molar-refractivity contribution in [2.45, 2.75) is 67.4 Å². The molecule has 2 aromatic rings. The van der Waals surface area contributed by atoms with Crippen molar-refractivity contribution in [1.29, 1.82) is 0 Å². The predicted octanol–water partition coefficient (Wildman–Crippen LogP) is 4.68. The van der Waals surface area contributed by atoms with Crippen LogP contribution < -0.4 is 16.2 Å². The molecule has 0 saturated heterocycles. The lowest BCUT2D eigenvalue weighted by atomic mass is 10.0. The smallest absolute Gasteiger partial charge is 0.289 e. The molecule has 0 aliphatic heterocycles. The van der Waals surface area contributed by atoms with Crippen molar-refractivity contribution in [1.82, 2.24) is 4.57 Å². The Morgan fingerprint density at radius 3 is 2.00 bits per heavy atom. The molecule has 2 amide bonds. The van der Waals surface area contributed by atoms with Crippen molar-refractivity contribution < 1.29 is 19.1 Å². The van der Waals surface area contributed by atoms with Crippen molar-refractivity contribution in [3.05, 3.63) is 42.1 Å². The number of hydrogen-bond acceptors (Lipinski definition) is 4. The van der Waals surface area contributed by atoms with Gasteiger partial charge in [0.15, 0.2) is 6.10 Å². The van der Waals surface area contributed by atoms with Gasteiger partial charge in [0, 0.05) is 12.7 Å². The van der Waals surface area contributed by atoms with Crippen molar-refractivity contribution in [3.8, 4) is 5.75 Å². The zero-order chi connectivity index (χ0) is 25.9. The van der Waals surface area contributed by atoms with Crippen LogP contribution in [-0.2, 0) is 16.6 Å². The molecular formula is C26H41N3O4. The van der Waals surface area contributed by atoms with E-state index in [0.717, 1.165) is 5.92 Å². The number of ether oxygens (including phenoxy) is 1. The second kappa shape index (κ2) is 14.1. The van der Waals surface area contributed by atoms with Crippen LogP contribution in [0, 0.1) is 18.8 Å². The summed E-state index contributed by atoms with van der Waals surface area (Å²) in [5.41, 5.74) is 12.0. The van der Waals surface area contributed by atoms with E-state index in [4.69, 9.17) is 16.2 Å². The summed E-state index contributed by atoms with van der Waals surface area (Å²) in [6.07, 6.45) is 3.56. The number of fused-ring (bicyclic) bond motifs is 1. The summed E-state index contributed by atoms with van der Waals surface area (Å²) in [5.74, 6) is -1.34. The average molecular weight is 460 g/mol. The van der Waals surface area contributed by atoms with E-state index in [1.807, 2.05) is 6.92 Å². The molecule has 0 aliphatic rings. The number of amides is 2. The van der Waals surface area contributed by atoms with Crippen LogP contribution in [0.4, 0.5) is 0 Å². The summed E-state index contributed by atoms with van der Waals surface area (Å²) in [6, 6.07) is 5.17. The number of aryl methyl sites for hydroxylation is 1. The van der Waals surface area contributed by atoms with Gasteiger partial charge in [-0.25, -0.2) is 0 Å². The number of hydrogen-bond donors (Lipinski definition) is 2. The Kier molecular flexibility index (Phi) is 12.8. The monoisotopic (exact) mass is 459 g/mol. The van der Waals surface area contributed by atoms with Gasteiger partial charge in [-0.05, 0) is 37.8 Å². The Balaban J connectivity index is 0.000000969. The molecule has 7 heteroatoms. The first-order chi connectivity index (χ1) is 15.4. The standard InChI is InChI=1S/C17H21N3O4.C6H14.C3H6/c1-8(2)15(17(19)23)24-11-7-5-6-10-13(11)12(9(3)20(10)4)14(21)16(18)22;1-4-6(3)5-2;1-3-2/h5-8,15H,1-4H3,(H2,18,22)(H2,19,23);6H,4-5H2,1-3H3;3H,1H2,2H3. The number of allylic oxidation sites excluding steroid dienone is 1. The van der Waals surface area contributed by atoms with Crippen molar-refractivity contribution >= 4 is 28.5 Å². The van der Waals surface area contributed by atoms with Gasteiger partial charge in [-0.15, -0.1) is 6.58 Å². The molecule has 7 nitrogen and oxygen atoms in total. The number of aromatic nitrogens is 1. The summed E-state index contributed by atoms with van der Waals surface area (Å²) in [7, 11) is 1.77. The number of carbonyl (C=O) groups excluding carboxylic acids is 3. The van der Waals surface area contributed by atoms with Gasteiger partial charge in [-0.3, -0.25) is 14.4 Å². The van der Waals surface area contributed by atoms with Crippen LogP contribution in [0.5, 0.6) is 5.75 Å². The van der Waals surface area contributed by atoms with E-state index in [2.05, 4.69) is 27.4 Å². The van der Waals surface area contributed by atoms with Crippen molar-refractivity contribution in [2.75, 3.05) is 0 Å². The summed E-state index contributed by atoms with van der Waals surface area (Å²) >= 11 is 0. The largest absolute Gasteiger partial charge is 0.480 e. The van der Waals surface area contributed by atoms with Gasteiger partial charge in [0.2, 0.25) is 0 Å². The second-order valence-electron chi connectivity index (χ2n) is 8.38. The van der Waals surface area contributed by atoms with Crippen LogP contribution in [0.2, 0.25) is 0 Å². The fourth-order valence-corrected chi connectivity index (χ4v) is 3.03. The van der Waals surface area contributed by atoms with Gasteiger partial charge in [0.1, 0.15) is 5.75 Å². The van der Waals surface area contributed by atoms with Crippen LogP contribution in [0.3, 0.4) is 0 Å². The second-order valence-corrected chi connectivity index (χ2v) is 8.38. The van der Waals surface area contributed by atoms with Crippen molar-refractivity contribution in [3.63, 3.8) is 0 Å². The molecule has 33 heavy (non-hydrogen) atoms. The molecule has 1 aromatic heterocycles. The van der Waals surface area contributed by atoms with Crippen LogP contribution in [-0.4, -0.2) is 28.3 Å². The molecular weight excluding hydrogens is 418 g/mol. The Morgan fingerprint density at radius 1 is 1.12 bits per heavy atom. The van der Waals surface area contributed by atoms with E-state index in [1.165, 1.54) is 12.8 Å². The first-order valence-electron chi connectivity index (χ1n) is 11.3. The normalized spacial score (nSPS) is 11.2. The third-order valence-corrected chi connectivity index (χ3v) is 5.47. The molecule has 1 unspecified atom stereocenters. The number of nitrogens with zero attached hydrogens (tertiary/aromatic N) is 1. The number of Topliss-reactive ketones (excluding diaryl/α,β-unsaturated/α-hetero) is 1. The third kappa shape index (κ3) is 8.08. The molecule has 0 radical (unpaired) electrons. The lowest BCUT2D eigenvalue weighted by Crippen LogP contribution is -2.38. The Morgan fingerprint density at radius 2 is 1.64 bits per heavy atom. The predicted molar refractivity (Wildman–Crippen MR) is 135 cm³/mol. The van der Waals surface area contributed by atoms with E-state index in [1.54, 1.807) is 56.7 Å². The van der Waals surface area contributed by atoms with Gasteiger partial charge < -0.3 is 20.8 Å². The molecule has 0 aliphatic carbocycles. The first kappa shape index (κ1) is 29.9. The zero-order valence-corrected chi connectivity index (χ0v) is 21.4. The highest BCUT2D eigenvalue weighted by Gasteiger charge is 2.27. The van der Waals surface area contributed by atoms with Crippen molar-refractivity contribution in [2.24, 2.45) is 30.4 Å². The molecule has 184 valence electrons. The number of carbonyl (C=O) groups is 3. The molecule has 2 rings (SSSR count). The van der Waals surface area contributed by atoms with E-state index < -0.39 is 23.7 Å². The van der Waals surface area contributed by atoms with Gasteiger partial charge >= 0.3 is 0 Å². The van der Waals surface area contributed by atoms with Crippen LogP contribution in [0.25, 0.3) is 10.9 Å². The van der Waals surface area contributed by atoms with Gasteiger partial charge in [-0.2, -0.15) is 0 Å². The minimum Gasteiger partial charge on any atom is -0.480 e. The molecule has 0 bridgehead atoms. The highest BCUT2D eigenvalue weighted by atomic mass is 16.5. The maximum Gasteiger partial charge on any atom is 0.289 e. The number of ketones is 1. The summed E-state index contributed by atoms with van der Waals surface area (Å²) in [5, 5.41) is 0.452. The fourth-order valence-electron chi connectivity index (χ4n) is 3.03. The van der Waals surface area contributed by atoms with E-state index in [0.29, 0.717) is 22.3 Å². The average Bonchev–Trinajstić information content (AvgIpc) is 3.02. The highest BCUT2D eigenvalue weighted by Crippen LogP contribution is 2.34. The Hall–Kier alpha value is -3.09. The number of nitrogens with two attached hydrogens (primary N) is 2. The molecule has 0 saturated carbocycles. The summed E-state index contributed by atoms with van der Waals surface area (Å²) in [6.45, 7) is 17.3. The topological polar surface area (TPSA) is 117 Å².